The summed E-state index contributed by atoms with van der Waals surface area (Å²) in [6.07, 6.45) is 2.56. The Labute approximate surface area is 132 Å². The molecular formula is C14H15Cl2N3O2. The van der Waals surface area contributed by atoms with Crippen LogP contribution in [0.5, 0.6) is 0 Å². The van der Waals surface area contributed by atoms with E-state index < -0.39 is 6.10 Å². The quantitative estimate of drug-likeness (QED) is 0.885. The molecule has 1 aromatic heterocycles. The maximum Gasteiger partial charge on any atom is 0.241 e. The first kappa shape index (κ1) is 15.8. The Kier molecular flexibility index (Phi) is 5.22. The van der Waals surface area contributed by atoms with Crippen molar-refractivity contribution in [3.8, 4) is 0 Å². The summed E-state index contributed by atoms with van der Waals surface area (Å²) < 4.78 is 1.53. The molecule has 0 aliphatic rings. The third kappa shape index (κ3) is 4.46. The van der Waals surface area contributed by atoms with Gasteiger partial charge in [-0.15, -0.1) is 0 Å². The Balaban J connectivity index is 1.88. The summed E-state index contributed by atoms with van der Waals surface area (Å²) in [4.78, 5) is 11.8. The van der Waals surface area contributed by atoms with Crippen LogP contribution in [0.3, 0.4) is 0 Å². The topological polar surface area (TPSA) is 67.2 Å². The van der Waals surface area contributed by atoms with Crippen LogP contribution in [0.25, 0.3) is 0 Å². The summed E-state index contributed by atoms with van der Waals surface area (Å²) in [7, 11) is 0. The lowest BCUT2D eigenvalue weighted by molar-refractivity contribution is -0.122. The molecule has 5 nitrogen and oxygen atoms in total. The first-order chi connectivity index (χ1) is 9.95. The smallest absolute Gasteiger partial charge is 0.241 e. The van der Waals surface area contributed by atoms with E-state index in [-0.39, 0.29) is 19.0 Å². The Morgan fingerprint density at radius 1 is 1.48 bits per heavy atom. The molecule has 2 aromatic rings. The van der Waals surface area contributed by atoms with E-state index in [4.69, 9.17) is 23.2 Å². The summed E-state index contributed by atoms with van der Waals surface area (Å²) >= 11 is 11.8. The number of carbonyl (C=O) groups excluding carboxylic acids is 1. The molecule has 0 aliphatic heterocycles. The van der Waals surface area contributed by atoms with Crippen molar-refractivity contribution in [3.05, 3.63) is 51.8 Å². The van der Waals surface area contributed by atoms with Crippen LogP contribution in [-0.2, 0) is 11.3 Å². The number of aliphatic hydroxyl groups excluding tert-OH is 1. The van der Waals surface area contributed by atoms with Crippen molar-refractivity contribution in [1.29, 1.82) is 0 Å². The van der Waals surface area contributed by atoms with Gasteiger partial charge in [-0.1, -0.05) is 29.3 Å². The average Bonchev–Trinajstić information content (AvgIpc) is 2.81. The third-order valence-corrected chi connectivity index (χ3v) is 3.44. The van der Waals surface area contributed by atoms with Crippen molar-refractivity contribution in [3.63, 3.8) is 0 Å². The fourth-order valence-corrected chi connectivity index (χ4v) is 2.38. The Morgan fingerprint density at radius 2 is 2.24 bits per heavy atom. The van der Waals surface area contributed by atoms with Gasteiger partial charge in [0.25, 0.3) is 0 Å². The highest BCUT2D eigenvalue weighted by atomic mass is 35.5. The van der Waals surface area contributed by atoms with E-state index in [0.29, 0.717) is 15.6 Å². The van der Waals surface area contributed by atoms with Gasteiger partial charge in [-0.25, -0.2) is 0 Å². The number of hydrogen-bond donors (Lipinski definition) is 2. The lowest BCUT2D eigenvalue weighted by atomic mass is 10.1. The second-order valence-electron chi connectivity index (χ2n) is 4.70. The van der Waals surface area contributed by atoms with Crippen LogP contribution in [0.2, 0.25) is 10.0 Å². The highest BCUT2D eigenvalue weighted by Crippen LogP contribution is 2.25. The fourth-order valence-electron chi connectivity index (χ4n) is 1.85. The first-order valence-corrected chi connectivity index (χ1v) is 7.10. The average molecular weight is 328 g/mol. The molecule has 2 N–H and O–H groups in total. The summed E-state index contributed by atoms with van der Waals surface area (Å²) in [6, 6.07) is 4.83. The number of nitrogens with zero attached hydrogens (tertiary/aromatic N) is 2. The zero-order valence-corrected chi connectivity index (χ0v) is 12.9. The second-order valence-corrected chi connectivity index (χ2v) is 5.54. The number of aryl methyl sites for hydroxylation is 1. The standard InChI is InChI=1S/C14H15Cl2N3O2/c1-9-5-18-19(7-9)8-14(21)17-6-13(20)11-3-2-10(15)4-12(11)16/h2-5,7,13,20H,6,8H2,1H3,(H,17,21)/t13-/m1/s1. The molecule has 1 amide bonds. The van der Waals surface area contributed by atoms with Crippen molar-refractivity contribution in [2.45, 2.75) is 19.6 Å². The van der Waals surface area contributed by atoms with Gasteiger partial charge in [0.2, 0.25) is 5.91 Å². The second kappa shape index (κ2) is 6.93. The minimum atomic E-state index is -0.891. The minimum absolute atomic E-state index is 0.0699. The number of nitrogens with one attached hydrogen (secondary N) is 1. The van der Waals surface area contributed by atoms with E-state index in [0.717, 1.165) is 5.56 Å². The first-order valence-electron chi connectivity index (χ1n) is 6.34. The van der Waals surface area contributed by atoms with E-state index in [1.54, 1.807) is 30.6 Å². The highest BCUT2D eigenvalue weighted by Gasteiger charge is 2.13. The van der Waals surface area contributed by atoms with Gasteiger partial charge in [0.05, 0.1) is 12.3 Å². The molecule has 0 aliphatic carbocycles. The van der Waals surface area contributed by atoms with Crippen LogP contribution < -0.4 is 5.32 Å². The number of halogens is 2. The number of rotatable bonds is 5. The van der Waals surface area contributed by atoms with Gasteiger partial charge < -0.3 is 10.4 Å². The van der Waals surface area contributed by atoms with Crippen LogP contribution in [0.4, 0.5) is 0 Å². The van der Waals surface area contributed by atoms with Crippen molar-refractivity contribution >= 4 is 29.1 Å². The maximum atomic E-state index is 11.8. The molecule has 0 spiro atoms. The molecule has 0 fully saturated rings. The van der Waals surface area contributed by atoms with Crippen LogP contribution in [0.1, 0.15) is 17.2 Å². The molecule has 112 valence electrons. The third-order valence-electron chi connectivity index (χ3n) is 2.88. The number of aromatic nitrogens is 2. The van der Waals surface area contributed by atoms with Gasteiger partial charge in [0.15, 0.2) is 0 Å². The molecule has 21 heavy (non-hydrogen) atoms. The van der Waals surface area contributed by atoms with E-state index >= 15 is 0 Å². The van der Waals surface area contributed by atoms with Gasteiger partial charge in [-0.3, -0.25) is 9.48 Å². The van der Waals surface area contributed by atoms with Crippen LogP contribution >= 0.6 is 23.2 Å². The SMILES string of the molecule is Cc1cnn(CC(=O)NC[C@@H](O)c2ccc(Cl)cc2Cl)c1. The van der Waals surface area contributed by atoms with Crippen molar-refractivity contribution < 1.29 is 9.90 Å². The van der Waals surface area contributed by atoms with Gasteiger partial charge in [0, 0.05) is 28.4 Å². The monoisotopic (exact) mass is 327 g/mol. The molecular weight excluding hydrogens is 313 g/mol. The zero-order chi connectivity index (χ0) is 15.4. The number of aliphatic hydroxyl groups is 1. The predicted octanol–water partition coefficient (Wildman–Crippen LogP) is 2.35. The molecule has 0 unspecified atom stereocenters. The summed E-state index contributed by atoms with van der Waals surface area (Å²) in [6.45, 7) is 2.07. The number of carbonyl (C=O) groups is 1. The zero-order valence-electron chi connectivity index (χ0n) is 11.4. The van der Waals surface area contributed by atoms with Gasteiger partial charge >= 0.3 is 0 Å². The predicted molar refractivity (Wildman–Crippen MR) is 81.4 cm³/mol. The highest BCUT2D eigenvalue weighted by molar-refractivity contribution is 6.35. The van der Waals surface area contributed by atoms with Crippen LogP contribution in [0, 0.1) is 6.92 Å². The molecule has 1 atom stereocenters. The molecule has 2 rings (SSSR count). The van der Waals surface area contributed by atoms with Crippen LogP contribution in [-0.4, -0.2) is 27.3 Å². The Morgan fingerprint density at radius 3 is 2.86 bits per heavy atom. The number of hydrogen-bond acceptors (Lipinski definition) is 3. The van der Waals surface area contributed by atoms with Gasteiger partial charge in [-0.2, -0.15) is 5.10 Å². The van der Waals surface area contributed by atoms with E-state index in [2.05, 4.69) is 10.4 Å². The van der Waals surface area contributed by atoms with Crippen molar-refractivity contribution in [1.82, 2.24) is 15.1 Å². The summed E-state index contributed by atoms with van der Waals surface area (Å²) in [5.74, 6) is -0.234. The molecule has 7 heteroatoms. The molecule has 0 radical (unpaired) electrons. The lowest BCUT2D eigenvalue weighted by Crippen LogP contribution is -2.31. The largest absolute Gasteiger partial charge is 0.387 e. The minimum Gasteiger partial charge on any atom is -0.387 e. The molecule has 0 saturated heterocycles. The Hall–Kier alpha value is -1.56. The van der Waals surface area contributed by atoms with Crippen molar-refractivity contribution in [2.75, 3.05) is 6.54 Å². The lowest BCUT2D eigenvalue weighted by Gasteiger charge is -2.14. The van der Waals surface area contributed by atoms with E-state index in [9.17, 15) is 9.90 Å². The maximum absolute atomic E-state index is 11.8. The van der Waals surface area contributed by atoms with Gasteiger partial charge in [-0.05, 0) is 24.6 Å². The molecule has 1 heterocycles. The summed E-state index contributed by atoms with van der Waals surface area (Å²) in [5.41, 5.74) is 1.51. The number of amides is 1. The van der Waals surface area contributed by atoms with Crippen LogP contribution in [0.15, 0.2) is 30.6 Å². The van der Waals surface area contributed by atoms with E-state index in [1.165, 1.54) is 4.68 Å². The number of benzene rings is 1. The summed E-state index contributed by atoms with van der Waals surface area (Å²) in [5, 5.41) is 17.6. The fraction of sp³-hybridized carbons (Fsp3) is 0.286. The molecule has 0 saturated carbocycles. The normalized spacial score (nSPS) is 12.2. The van der Waals surface area contributed by atoms with E-state index in [1.807, 2.05) is 6.92 Å². The van der Waals surface area contributed by atoms with Crippen molar-refractivity contribution in [2.24, 2.45) is 0 Å². The molecule has 1 aromatic carbocycles. The molecule has 0 bridgehead atoms. The van der Waals surface area contributed by atoms with Gasteiger partial charge in [0.1, 0.15) is 6.54 Å². The Bertz CT molecular complexity index is 643.